The zero-order valence-corrected chi connectivity index (χ0v) is 11.4. The fraction of sp³-hybridized carbons (Fsp3) is 0.571. The van der Waals surface area contributed by atoms with E-state index in [1.165, 1.54) is 5.56 Å². The number of nitrogens with one attached hydrogen (secondary N) is 1. The molecule has 1 aromatic rings. The van der Waals surface area contributed by atoms with Gasteiger partial charge in [0, 0.05) is 19.1 Å². The SMILES string of the molecule is CCOc1cccc(CNC(C)CN(C)C)c1. The van der Waals surface area contributed by atoms with Crippen LogP contribution in [0.4, 0.5) is 0 Å². The monoisotopic (exact) mass is 236 g/mol. The maximum atomic E-state index is 5.48. The summed E-state index contributed by atoms with van der Waals surface area (Å²) in [6, 6.07) is 8.74. The van der Waals surface area contributed by atoms with Gasteiger partial charge in [0.2, 0.25) is 0 Å². The molecule has 0 fully saturated rings. The van der Waals surface area contributed by atoms with Gasteiger partial charge in [0.05, 0.1) is 6.61 Å². The first kappa shape index (κ1) is 14.0. The second-order valence-corrected chi connectivity index (χ2v) is 4.62. The van der Waals surface area contributed by atoms with Crippen LogP contribution in [-0.4, -0.2) is 38.2 Å². The molecule has 1 N–H and O–H groups in total. The Kier molecular flexibility index (Phi) is 6.01. The van der Waals surface area contributed by atoms with E-state index < -0.39 is 0 Å². The molecular formula is C14H24N2O. The predicted octanol–water partition coefficient (Wildman–Crippen LogP) is 2.12. The molecule has 0 heterocycles. The van der Waals surface area contributed by atoms with Crippen molar-refractivity contribution < 1.29 is 4.74 Å². The number of hydrogen-bond acceptors (Lipinski definition) is 3. The highest BCUT2D eigenvalue weighted by molar-refractivity contribution is 5.28. The largest absolute Gasteiger partial charge is 0.494 e. The summed E-state index contributed by atoms with van der Waals surface area (Å²) < 4.78 is 5.48. The van der Waals surface area contributed by atoms with Crippen LogP contribution in [0.25, 0.3) is 0 Å². The molecule has 96 valence electrons. The highest BCUT2D eigenvalue weighted by atomic mass is 16.5. The summed E-state index contributed by atoms with van der Waals surface area (Å²) in [6.07, 6.45) is 0. The lowest BCUT2D eigenvalue weighted by molar-refractivity contribution is 0.338. The predicted molar refractivity (Wildman–Crippen MR) is 72.5 cm³/mol. The molecule has 0 aliphatic rings. The van der Waals surface area contributed by atoms with Crippen molar-refractivity contribution in [2.24, 2.45) is 0 Å². The van der Waals surface area contributed by atoms with Crippen LogP contribution in [0.5, 0.6) is 5.75 Å². The molecule has 17 heavy (non-hydrogen) atoms. The second kappa shape index (κ2) is 7.30. The molecule has 0 aliphatic carbocycles. The van der Waals surface area contributed by atoms with E-state index in [1.54, 1.807) is 0 Å². The number of ether oxygens (including phenoxy) is 1. The third-order valence-electron chi connectivity index (χ3n) is 2.50. The summed E-state index contributed by atoms with van der Waals surface area (Å²) in [5.74, 6) is 0.951. The first-order chi connectivity index (χ1) is 8.11. The van der Waals surface area contributed by atoms with Gasteiger partial charge in [-0.25, -0.2) is 0 Å². The van der Waals surface area contributed by atoms with Gasteiger partial charge in [-0.1, -0.05) is 12.1 Å². The van der Waals surface area contributed by atoms with Gasteiger partial charge in [0.1, 0.15) is 5.75 Å². The molecular weight excluding hydrogens is 212 g/mol. The zero-order chi connectivity index (χ0) is 12.7. The summed E-state index contributed by atoms with van der Waals surface area (Å²) in [5, 5.41) is 3.50. The normalized spacial score (nSPS) is 12.8. The summed E-state index contributed by atoms with van der Waals surface area (Å²) in [7, 11) is 4.18. The van der Waals surface area contributed by atoms with Gasteiger partial charge >= 0.3 is 0 Å². The molecule has 0 radical (unpaired) electrons. The highest BCUT2D eigenvalue weighted by Crippen LogP contribution is 2.13. The molecule has 0 aromatic heterocycles. The molecule has 0 bridgehead atoms. The van der Waals surface area contributed by atoms with Crippen molar-refractivity contribution in [3.63, 3.8) is 0 Å². The minimum atomic E-state index is 0.487. The van der Waals surface area contributed by atoms with Crippen LogP contribution < -0.4 is 10.1 Å². The molecule has 1 unspecified atom stereocenters. The minimum Gasteiger partial charge on any atom is -0.494 e. The molecule has 1 atom stereocenters. The summed E-state index contributed by atoms with van der Waals surface area (Å²) >= 11 is 0. The van der Waals surface area contributed by atoms with E-state index in [0.717, 1.165) is 18.8 Å². The van der Waals surface area contributed by atoms with Crippen LogP contribution in [0.1, 0.15) is 19.4 Å². The topological polar surface area (TPSA) is 24.5 Å². The lowest BCUT2D eigenvalue weighted by atomic mass is 10.2. The fourth-order valence-electron chi connectivity index (χ4n) is 1.82. The van der Waals surface area contributed by atoms with E-state index in [-0.39, 0.29) is 0 Å². The van der Waals surface area contributed by atoms with Crippen molar-refractivity contribution in [2.45, 2.75) is 26.4 Å². The Morgan fingerprint density at radius 3 is 2.76 bits per heavy atom. The zero-order valence-electron chi connectivity index (χ0n) is 11.4. The Balaban J connectivity index is 2.43. The van der Waals surface area contributed by atoms with Crippen molar-refractivity contribution in [1.29, 1.82) is 0 Å². The van der Waals surface area contributed by atoms with Crippen LogP contribution in [0.3, 0.4) is 0 Å². The van der Waals surface area contributed by atoms with Gasteiger partial charge < -0.3 is 15.0 Å². The number of benzene rings is 1. The van der Waals surface area contributed by atoms with E-state index in [9.17, 15) is 0 Å². The molecule has 0 saturated heterocycles. The van der Waals surface area contributed by atoms with Gasteiger partial charge in [-0.2, -0.15) is 0 Å². The third kappa shape index (κ3) is 5.71. The molecule has 3 nitrogen and oxygen atoms in total. The average molecular weight is 236 g/mol. The molecule has 0 aliphatic heterocycles. The van der Waals surface area contributed by atoms with E-state index in [0.29, 0.717) is 12.6 Å². The van der Waals surface area contributed by atoms with Crippen LogP contribution in [0, 0.1) is 0 Å². The Morgan fingerprint density at radius 1 is 1.35 bits per heavy atom. The Bertz CT molecular complexity index is 326. The van der Waals surface area contributed by atoms with Crippen LogP contribution in [0.2, 0.25) is 0 Å². The van der Waals surface area contributed by atoms with E-state index in [1.807, 2.05) is 19.1 Å². The molecule has 0 saturated carbocycles. The summed E-state index contributed by atoms with van der Waals surface area (Å²) in [5.41, 5.74) is 1.27. The molecule has 1 rings (SSSR count). The van der Waals surface area contributed by atoms with Gasteiger partial charge in [-0.3, -0.25) is 0 Å². The fourth-order valence-corrected chi connectivity index (χ4v) is 1.82. The van der Waals surface area contributed by atoms with Crippen LogP contribution in [0.15, 0.2) is 24.3 Å². The number of rotatable bonds is 7. The summed E-state index contributed by atoms with van der Waals surface area (Å²) in [6.45, 7) is 6.85. The standard InChI is InChI=1S/C14H24N2O/c1-5-17-14-8-6-7-13(9-14)10-15-12(2)11-16(3)4/h6-9,12,15H,5,10-11H2,1-4H3. The maximum Gasteiger partial charge on any atom is 0.119 e. The van der Waals surface area contributed by atoms with Crippen molar-refractivity contribution in [3.05, 3.63) is 29.8 Å². The first-order valence-electron chi connectivity index (χ1n) is 6.21. The highest BCUT2D eigenvalue weighted by Gasteiger charge is 2.03. The molecule has 0 amide bonds. The van der Waals surface area contributed by atoms with Crippen molar-refractivity contribution in [1.82, 2.24) is 10.2 Å². The second-order valence-electron chi connectivity index (χ2n) is 4.62. The molecule has 0 spiro atoms. The Morgan fingerprint density at radius 2 is 2.12 bits per heavy atom. The van der Waals surface area contributed by atoms with Crippen molar-refractivity contribution in [3.8, 4) is 5.75 Å². The first-order valence-corrected chi connectivity index (χ1v) is 6.21. The van der Waals surface area contributed by atoms with Gasteiger partial charge in [-0.05, 0) is 45.6 Å². The van der Waals surface area contributed by atoms with E-state index in [2.05, 4.69) is 43.4 Å². The van der Waals surface area contributed by atoms with E-state index >= 15 is 0 Å². The van der Waals surface area contributed by atoms with E-state index in [4.69, 9.17) is 4.74 Å². The van der Waals surface area contributed by atoms with Crippen molar-refractivity contribution >= 4 is 0 Å². The van der Waals surface area contributed by atoms with Gasteiger partial charge in [0.25, 0.3) is 0 Å². The summed E-state index contributed by atoms with van der Waals surface area (Å²) in [4.78, 5) is 2.19. The maximum absolute atomic E-state index is 5.48. The number of nitrogens with zero attached hydrogens (tertiary/aromatic N) is 1. The smallest absolute Gasteiger partial charge is 0.119 e. The average Bonchev–Trinajstić information content (AvgIpc) is 2.26. The quantitative estimate of drug-likeness (QED) is 0.785. The third-order valence-corrected chi connectivity index (χ3v) is 2.50. The number of likely N-dealkylation sites (N-methyl/N-ethyl adjacent to an activating group) is 1. The Hall–Kier alpha value is -1.06. The molecule has 3 heteroatoms. The minimum absolute atomic E-state index is 0.487. The van der Waals surface area contributed by atoms with Crippen LogP contribution in [-0.2, 0) is 6.54 Å². The van der Waals surface area contributed by atoms with Crippen LogP contribution >= 0.6 is 0 Å². The lowest BCUT2D eigenvalue weighted by Crippen LogP contribution is -2.35. The molecule has 1 aromatic carbocycles. The lowest BCUT2D eigenvalue weighted by Gasteiger charge is -2.18. The van der Waals surface area contributed by atoms with Crippen molar-refractivity contribution in [2.75, 3.05) is 27.2 Å². The number of hydrogen-bond donors (Lipinski definition) is 1. The Labute approximate surface area is 105 Å². The van der Waals surface area contributed by atoms with Gasteiger partial charge in [-0.15, -0.1) is 0 Å². The van der Waals surface area contributed by atoms with Gasteiger partial charge in [0.15, 0.2) is 0 Å².